The van der Waals surface area contributed by atoms with Gasteiger partial charge in [0.25, 0.3) is 0 Å². The fraction of sp³-hybridized carbons (Fsp3) is 0.947. The number of rotatable bonds is 3. The SMILES string of the molecule is CCC1CCCC(NC2CCN(C(=O)OC(C)(C)C)C(C)C2)C1. The molecule has 1 aliphatic carbocycles. The summed E-state index contributed by atoms with van der Waals surface area (Å²) in [5.74, 6) is 0.903. The van der Waals surface area contributed by atoms with Crippen molar-refractivity contribution < 1.29 is 9.53 Å². The summed E-state index contributed by atoms with van der Waals surface area (Å²) < 4.78 is 5.53. The lowest BCUT2D eigenvalue weighted by Crippen LogP contribution is -2.53. The number of carbonyl (C=O) groups is 1. The smallest absolute Gasteiger partial charge is 0.410 e. The van der Waals surface area contributed by atoms with E-state index >= 15 is 0 Å². The minimum atomic E-state index is -0.414. The number of piperidine rings is 1. The molecule has 134 valence electrons. The Morgan fingerprint density at radius 1 is 1.17 bits per heavy atom. The van der Waals surface area contributed by atoms with Crippen LogP contribution in [0.4, 0.5) is 4.79 Å². The van der Waals surface area contributed by atoms with Gasteiger partial charge < -0.3 is 15.0 Å². The first-order valence-corrected chi connectivity index (χ1v) is 9.54. The third-order valence-electron chi connectivity index (χ3n) is 5.34. The molecule has 1 saturated carbocycles. The van der Waals surface area contributed by atoms with Gasteiger partial charge in [-0.1, -0.05) is 26.2 Å². The normalized spacial score (nSPS) is 32.7. The Kier molecular flexibility index (Phi) is 6.35. The zero-order valence-corrected chi connectivity index (χ0v) is 15.7. The van der Waals surface area contributed by atoms with Crippen molar-refractivity contribution in [3.63, 3.8) is 0 Å². The summed E-state index contributed by atoms with van der Waals surface area (Å²) >= 11 is 0. The molecule has 4 heteroatoms. The van der Waals surface area contributed by atoms with Gasteiger partial charge in [0.05, 0.1) is 0 Å². The van der Waals surface area contributed by atoms with Crippen LogP contribution in [0.3, 0.4) is 0 Å². The average Bonchev–Trinajstić information content (AvgIpc) is 2.45. The first-order valence-electron chi connectivity index (χ1n) is 9.54. The van der Waals surface area contributed by atoms with E-state index < -0.39 is 5.60 Å². The molecule has 0 aromatic carbocycles. The molecule has 23 heavy (non-hydrogen) atoms. The van der Waals surface area contributed by atoms with Gasteiger partial charge in [0.15, 0.2) is 0 Å². The fourth-order valence-electron chi connectivity index (χ4n) is 4.06. The molecule has 4 atom stereocenters. The molecule has 1 saturated heterocycles. The predicted octanol–water partition coefficient (Wildman–Crippen LogP) is 4.33. The first-order chi connectivity index (χ1) is 10.8. The largest absolute Gasteiger partial charge is 0.444 e. The molecular weight excluding hydrogens is 288 g/mol. The molecule has 1 aliphatic heterocycles. The first kappa shape index (κ1) is 18.6. The number of hydrogen-bond acceptors (Lipinski definition) is 3. The minimum absolute atomic E-state index is 0.160. The molecule has 2 aliphatic rings. The molecule has 0 aromatic heterocycles. The summed E-state index contributed by atoms with van der Waals surface area (Å²) in [6.45, 7) is 11.0. The number of ether oxygens (including phenoxy) is 1. The summed E-state index contributed by atoms with van der Waals surface area (Å²) in [7, 11) is 0. The van der Waals surface area contributed by atoms with Crippen LogP contribution in [0.15, 0.2) is 0 Å². The van der Waals surface area contributed by atoms with E-state index in [4.69, 9.17) is 4.74 Å². The highest BCUT2D eigenvalue weighted by molar-refractivity contribution is 5.68. The van der Waals surface area contributed by atoms with Crippen LogP contribution in [0.25, 0.3) is 0 Å². The van der Waals surface area contributed by atoms with Gasteiger partial charge in [0, 0.05) is 24.7 Å². The summed E-state index contributed by atoms with van der Waals surface area (Å²) in [6, 6.07) is 1.48. The standard InChI is InChI=1S/C19H36N2O2/c1-6-15-8-7-9-16(13-15)20-17-10-11-21(14(2)12-17)18(22)23-19(3,4)5/h14-17,20H,6-13H2,1-5H3. The van der Waals surface area contributed by atoms with Crippen molar-refractivity contribution in [3.8, 4) is 0 Å². The van der Waals surface area contributed by atoms with Crippen molar-refractivity contribution in [2.45, 2.75) is 103 Å². The van der Waals surface area contributed by atoms with E-state index in [1.807, 2.05) is 25.7 Å². The molecule has 0 bridgehead atoms. The molecule has 4 nitrogen and oxygen atoms in total. The van der Waals surface area contributed by atoms with Crippen LogP contribution in [0.1, 0.15) is 79.6 Å². The maximum absolute atomic E-state index is 12.3. The number of hydrogen-bond donors (Lipinski definition) is 1. The van der Waals surface area contributed by atoms with E-state index in [0.29, 0.717) is 12.1 Å². The fourth-order valence-corrected chi connectivity index (χ4v) is 4.06. The number of nitrogens with one attached hydrogen (secondary N) is 1. The van der Waals surface area contributed by atoms with Gasteiger partial charge in [-0.2, -0.15) is 0 Å². The number of amides is 1. The van der Waals surface area contributed by atoms with E-state index in [-0.39, 0.29) is 12.1 Å². The maximum atomic E-state index is 12.3. The van der Waals surface area contributed by atoms with Crippen molar-refractivity contribution in [2.24, 2.45) is 5.92 Å². The van der Waals surface area contributed by atoms with Crippen molar-refractivity contribution in [1.82, 2.24) is 10.2 Å². The molecule has 1 heterocycles. The molecule has 0 radical (unpaired) electrons. The van der Waals surface area contributed by atoms with E-state index in [2.05, 4.69) is 19.2 Å². The van der Waals surface area contributed by atoms with E-state index in [1.165, 1.54) is 32.1 Å². The maximum Gasteiger partial charge on any atom is 0.410 e. The molecule has 4 unspecified atom stereocenters. The Balaban J connectivity index is 1.80. The number of carbonyl (C=O) groups excluding carboxylic acids is 1. The second-order valence-electron chi connectivity index (χ2n) is 8.55. The van der Waals surface area contributed by atoms with Gasteiger partial charge in [-0.3, -0.25) is 0 Å². The van der Waals surface area contributed by atoms with Crippen LogP contribution >= 0.6 is 0 Å². The van der Waals surface area contributed by atoms with Gasteiger partial charge in [-0.25, -0.2) is 4.79 Å². The molecule has 2 rings (SSSR count). The van der Waals surface area contributed by atoms with Gasteiger partial charge in [-0.05, 0) is 59.3 Å². The monoisotopic (exact) mass is 324 g/mol. The van der Waals surface area contributed by atoms with Crippen molar-refractivity contribution in [1.29, 1.82) is 0 Å². The zero-order valence-electron chi connectivity index (χ0n) is 15.7. The van der Waals surface area contributed by atoms with Crippen LogP contribution in [0, 0.1) is 5.92 Å². The van der Waals surface area contributed by atoms with Gasteiger partial charge in [-0.15, -0.1) is 0 Å². The van der Waals surface area contributed by atoms with E-state index in [1.54, 1.807) is 0 Å². The van der Waals surface area contributed by atoms with Crippen molar-refractivity contribution in [3.05, 3.63) is 0 Å². The van der Waals surface area contributed by atoms with Crippen LogP contribution in [-0.2, 0) is 4.74 Å². The quantitative estimate of drug-likeness (QED) is 0.840. The van der Waals surface area contributed by atoms with Gasteiger partial charge >= 0.3 is 6.09 Å². The Morgan fingerprint density at radius 3 is 2.48 bits per heavy atom. The lowest BCUT2D eigenvalue weighted by atomic mass is 9.83. The van der Waals surface area contributed by atoms with Crippen LogP contribution < -0.4 is 5.32 Å². The average molecular weight is 325 g/mol. The topological polar surface area (TPSA) is 41.6 Å². The second kappa shape index (κ2) is 7.87. The highest BCUT2D eigenvalue weighted by Gasteiger charge is 2.33. The van der Waals surface area contributed by atoms with E-state index in [0.717, 1.165) is 25.3 Å². The zero-order chi connectivity index (χ0) is 17.0. The van der Waals surface area contributed by atoms with E-state index in [9.17, 15) is 4.79 Å². The van der Waals surface area contributed by atoms with Crippen LogP contribution in [0.2, 0.25) is 0 Å². The summed E-state index contributed by atoms with van der Waals surface area (Å²) in [4.78, 5) is 14.2. The molecule has 1 amide bonds. The summed E-state index contributed by atoms with van der Waals surface area (Å²) in [5.41, 5.74) is -0.414. The molecular formula is C19H36N2O2. The lowest BCUT2D eigenvalue weighted by molar-refractivity contribution is 0.00869. The number of likely N-dealkylation sites (tertiary alicyclic amines) is 1. The van der Waals surface area contributed by atoms with Crippen LogP contribution in [0.5, 0.6) is 0 Å². The van der Waals surface area contributed by atoms with Gasteiger partial charge in [0.1, 0.15) is 5.60 Å². The Hall–Kier alpha value is -0.770. The molecule has 1 N–H and O–H groups in total. The Bertz CT molecular complexity index is 391. The Labute approximate surface area is 142 Å². The Morgan fingerprint density at radius 2 is 1.87 bits per heavy atom. The third kappa shape index (κ3) is 5.66. The minimum Gasteiger partial charge on any atom is -0.444 e. The molecule has 0 spiro atoms. The molecule has 2 fully saturated rings. The van der Waals surface area contributed by atoms with Gasteiger partial charge in [0.2, 0.25) is 0 Å². The molecule has 0 aromatic rings. The lowest BCUT2D eigenvalue weighted by Gasteiger charge is -2.40. The van der Waals surface area contributed by atoms with Crippen LogP contribution in [-0.4, -0.2) is 41.3 Å². The second-order valence-corrected chi connectivity index (χ2v) is 8.55. The van der Waals surface area contributed by atoms with Crippen molar-refractivity contribution in [2.75, 3.05) is 6.54 Å². The predicted molar refractivity (Wildman–Crippen MR) is 94.6 cm³/mol. The highest BCUT2D eigenvalue weighted by Crippen LogP contribution is 2.28. The summed E-state index contributed by atoms with van der Waals surface area (Å²) in [5, 5.41) is 3.88. The summed E-state index contributed by atoms with van der Waals surface area (Å²) in [6.07, 6.45) is 8.64. The number of nitrogens with zero attached hydrogens (tertiary/aromatic N) is 1. The van der Waals surface area contributed by atoms with Crippen molar-refractivity contribution >= 4 is 6.09 Å². The third-order valence-corrected chi connectivity index (χ3v) is 5.34. The highest BCUT2D eigenvalue weighted by atomic mass is 16.6.